The molecule has 2 N–H and O–H groups in total. The van der Waals surface area contributed by atoms with Crippen LogP contribution in [0.4, 0.5) is 5.82 Å². The molecule has 4 nitrogen and oxygen atoms in total. The van der Waals surface area contributed by atoms with Crippen LogP contribution in [-0.2, 0) is 12.8 Å². The minimum absolute atomic E-state index is 0. The molecule has 0 unspecified atom stereocenters. The van der Waals surface area contributed by atoms with E-state index in [4.69, 9.17) is 10.1 Å². The number of hydrogen-bond acceptors (Lipinski definition) is 4. The highest BCUT2D eigenvalue weighted by Crippen LogP contribution is 2.40. The highest BCUT2D eigenvalue weighted by Gasteiger charge is 2.24. The van der Waals surface area contributed by atoms with Gasteiger partial charge in [0.15, 0.2) is 0 Å². The summed E-state index contributed by atoms with van der Waals surface area (Å²) >= 11 is 0. The number of benzene rings is 1. The van der Waals surface area contributed by atoms with Crippen molar-refractivity contribution in [3.63, 3.8) is 0 Å². The van der Waals surface area contributed by atoms with Crippen LogP contribution in [0.2, 0.25) is 0 Å². The minimum Gasteiger partial charge on any atom is -0.396 e. The van der Waals surface area contributed by atoms with Crippen molar-refractivity contribution in [1.29, 1.82) is 0 Å². The van der Waals surface area contributed by atoms with E-state index in [9.17, 15) is 0 Å². The zero-order valence-corrected chi connectivity index (χ0v) is 12.6. The maximum absolute atomic E-state index is 8.95. The molecule has 0 fully saturated rings. The molecular formula is C18H25N3O. The van der Waals surface area contributed by atoms with Crippen LogP contribution in [-0.4, -0.2) is 28.2 Å². The lowest BCUT2D eigenvalue weighted by Gasteiger charge is -2.12. The number of aliphatic hydroxyl groups excluding tert-OH is 1. The van der Waals surface area contributed by atoms with Crippen LogP contribution < -0.4 is 5.32 Å². The Labute approximate surface area is 132 Å². The highest BCUT2D eigenvalue weighted by molar-refractivity contribution is 5.84. The number of aryl methyl sites for hydroxylation is 2. The molecule has 0 radical (unpaired) electrons. The SMILES string of the molecule is C.CCc1nc2c(c(NCCCO)n1)-c1ccc(C)cc1C2. The summed E-state index contributed by atoms with van der Waals surface area (Å²) in [6.45, 7) is 5.11. The van der Waals surface area contributed by atoms with Crippen LogP contribution in [0.25, 0.3) is 11.1 Å². The van der Waals surface area contributed by atoms with E-state index >= 15 is 0 Å². The highest BCUT2D eigenvalue weighted by atomic mass is 16.3. The number of aliphatic hydroxyl groups is 1. The first kappa shape index (κ1) is 16.4. The molecule has 1 aromatic heterocycles. The molecule has 0 amide bonds. The van der Waals surface area contributed by atoms with Gasteiger partial charge in [0.2, 0.25) is 0 Å². The fraction of sp³-hybridized carbons (Fsp3) is 0.444. The zero-order chi connectivity index (χ0) is 14.8. The monoisotopic (exact) mass is 299 g/mol. The Morgan fingerprint density at radius 1 is 1.27 bits per heavy atom. The molecule has 2 aromatic rings. The summed E-state index contributed by atoms with van der Waals surface area (Å²) in [5, 5.41) is 12.3. The van der Waals surface area contributed by atoms with E-state index in [1.807, 2.05) is 0 Å². The molecule has 4 heteroatoms. The fourth-order valence-corrected chi connectivity index (χ4v) is 2.83. The van der Waals surface area contributed by atoms with Gasteiger partial charge in [-0.25, -0.2) is 9.97 Å². The van der Waals surface area contributed by atoms with Gasteiger partial charge in [0.1, 0.15) is 11.6 Å². The molecular weight excluding hydrogens is 274 g/mol. The van der Waals surface area contributed by atoms with Crippen molar-refractivity contribution in [3.05, 3.63) is 40.8 Å². The topological polar surface area (TPSA) is 58.0 Å². The number of hydrogen-bond donors (Lipinski definition) is 2. The smallest absolute Gasteiger partial charge is 0.137 e. The summed E-state index contributed by atoms with van der Waals surface area (Å²) < 4.78 is 0. The Balaban J connectivity index is 0.00000176. The van der Waals surface area contributed by atoms with Crippen molar-refractivity contribution >= 4 is 5.82 Å². The molecule has 1 aromatic carbocycles. The average Bonchev–Trinajstić information content (AvgIpc) is 2.84. The van der Waals surface area contributed by atoms with Crippen molar-refractivity contribution in [2.45, 2.75) is 40.5 Å². The van der Waals surface area contributed by atoms with Gasteiger partial charge in [0, 0.05) is 31.6 Å². The summed E-state index contributed by atoms with van der Waals surface area (Å²) in [6, 6.07) is 6.54. The lowest BCUT2D eigenvalue weighted by atomic mass is 10.0. The van der Waals surface area contributed by atoms with E-state index in [2.05, 4.69) is 42.3 Å². The van der Waals surface area contributed by atoms with E-state index in [-0.39, 0.29) is 14.0 Å². The van der Waals surface area contributed by atoms with Gasteiger partial charge in [-0.05, 0) is 24.5 Å². The number of nitrogens with one attached hydrogen (secondary N) is 1. The van der Waals surface area contributed by atoms with Gasteiger partial charge in [-0.15, -0.1) is 0 Å². The summed E-state index contributed by atoms with van der Waals surface area (Å²) in [5.74, 6) is 1.79. The molecule has 1 heterocycles. The van der Waals surface area contributed by atoms with Gasteiger partial charge in [-0.2, -0.15) is 0 Å². The normalized spacial score (nSPS) is 11.6. The van der Waals surface area contributed by atoms with E-state index in [0.717, 1.165) is 48.7 Å². The first-order valence-corrected chi connectivity index (χ1v) is 7.57. The number of aromatic nitrogens is 2. The molecule has 0 aliphatic heterocycles. The Morgan fingerprint density at radius 3 is 2.82 bits per heavy atom. The minimum atomic E-state index is 0. The van der Waals surface area contributed by atoms with Crippen molar-refractivity contribution in [2.75, 3.05) is 18.5 Å². The molecule has 1 aliphatic rings. The number of rotatable bonds is 5. The Morgan fingerprint density at radius 2 is 2.09 bits per heavy atom. The van der Waals surface area contributed by atoms with E-state index in [0.29, 0.717) is 0 Å². The third kappa shape index (κ3) is 2.97. The second-order valence-electron chi connectivity index (χ2n) is 5.51. The van der Waals surface area contributed by atoms with Crippen molar-refractivity contribution in [1.82, 2.24) is 9.97 Å². The molecule has 0 atom stereocenters. The molecule has 0 saturated carbocycles. The van der Waals surface area contributed by atoms with Gasteiger partial charge >= 0.3 is 0 Å². The molecule has 0 spiro atoms. The summed E-state index contributed by atoms with van der Waals surface area (Å²) in [7, 11) is 0. The second-order valence-corrected chi connectivity index (χ2v) is 5.51. The standard InChI is InChI=1S/C17H21N3O.CH4/c1-3-15-19-14-10-12-9-11(2)5-6-13(12)16(14)17(20-15)18-7-4-8-21;/h5-6,9,21H,3-4,7-8,10H2,1-2H3,(H,18,19,20);1H4. The number of fused-ring (bicyclic) bond motifs is 3. The van der Waals surface area contributed by atoms with E-state index in [1.54, 1.807) is 0 Å². The molecule has 22 heavy (non-hydrogen) atoms. The van der Waals surface area contributed by atoms with Crippen LogP contribution in [0.1, 0.15) is 43.4 Å². The van der Waals surface area contributed by atoms with Crippen LogP contribution in [0, 0.1) is 6.92 Å². The van der Waals surface area contributed by atoms with Gasteiger partial charge < -0.3 is 10.4 Å². The number of nitrogens with zero attached hydrogens (tertiary/aromatic N) is 2. The van der Waals surface area contributed by atoms with Gasteiger partial charge in [-0.1, -0.05) is 38.1 Å². The molecule has 0 bridgehead atoms. The van der Waals surface area contributed by atoms with Crippen molar-refractivity contribution in [2.24, 2.45) is 0 Å². The van der Waals surface area contributed by atoms with Gasteiger partial charge in [-0.3, -0.25) is 0 Å². The Hall–Kier alpha value is -1.94. The van der Waals surface area contributed by atoms with Crippen LogP contribution in [0.15, 0.2) is 18.2 Å². The summed E-state index contributed by atoms with van der Waals surface area (Å²) in [5.41, 5.74) is 6.11. The predicted octanol–water partition coefficient (Wildman–Crippen LogP) is 3.35. The van der Waals surface area contributed by atoms with Crippen LogP contribution in [0.5, 0.6) is 0 Å². The quantitative estimate of drug-likeness (QED) is 0.709. The van der Waals surface area contributed by atoms with Gasteiger partial charge in [0.05, 0.1) is 5.69 Å². The van der Waals surface area contributed by atoms with Gasteiger partial charge in [0.25, 0.3) is 0 Å². The zero-order valence-electron chi connectivity index (χ0n) is 12.6. The number of anilines is 1. The molecule has 1 aliphatic carbocycles. The molecule has 118 valence electrons. The van der Waals surface area contributed by atoms with Crippen LogP contribution in [0.3, 0.4) is 0 Å². The molecule has 0 saturated heterocycles. The Bertz CT molecular complexity index is 668. The second kappa shape index (κ2) is 6.88. The third-order valence-electron chi connectivity index (χ3n) is 3.86. The third-order valence-corrected chi connectivity index (χ3v) is 3.86. The lowest BCUT2D eigenvalue weighted by molar-refractivity contribution is 0.292. The lowest BCUT2D eigenvalue weighted by Crippen LogP contribution is -2.09. The molecule has 3 rings (SSSR count). The summed E-state index contributed by atoms with van der Waals surface area (Å²) in [6.07, 6.45) is 2.44. The maximum Gasteiger partial charge on any atom is 0.137 e. The van der Waals surface area contributed by atoms with E-state index in [1.165, 1.54) is 16.7 Å². The van der Waals surface area contributed by atoms with Crippen molar-refractivity contribution < 1.29 is 5.11 Å². The largest absolute Gasteiger partial charge is 0.396 e. The Kier molecular flexibility index (Phi) is 5.14. The van der Waals surface area contributed by atoms with Crippen molar-refractivity contribution in [3.8, 4) is 11.1 Å². The van der Waals surface area contributed by atoms with E-state index < -0.39 is 0 Å². The fourth-order valence-electron chi connectivity index (χ4n) is 2.83. The first-order valence-electron chi connectivity index (χ1n) is 7.57. The predicted molar refractivity (Wildman–Crippen MR) is 91.3 cm³/mol. The summed E-state index contributed by atoms with van der Waals surface area (Å²) in [4.78, 5) is 9.36. The first-order chi connectivity index (χ1) is 10.2. The average molecular weight is 299 g/mol. The maximum atomic E-state index is 8.95. The van der Waals surface area contributed by atoms with Crippen LogP contribution >= 0.6 is 0 Å².